The van der Waals surface area contributed by atoms with Crippen LogP contribution in [0.3, 0.4) is 0 Å². The van der Waals surface area contributed by atoms with Crippen molar-refractivity contribution in [1.82, 2.24) is 4.90 Å². The summed E-state index contributed by atoms with van der Waals surface area (Å²) in [5.74, 6) is -2.90. The highest BCUT2D eigenvalue weighted by atomic mass is 19.1. The van der Waals surface area contributed by atoms with E-state index in [0.29, 0.717) is 12.0 Å². The number of amides is 2. The number of allylic oxidation sites excluding steroid dienone is 1. The van der Waals surface area contributed by atoms with Gasteiger partial charge in [-0.05, 0) is 38.0 Å². The number of esters is 1. The van der Waals surface area contributed by atoms with Crippen molar-refractivity contribution in [2.75, 3.05) is 0 Å². The Morgan fingerprint density at radius 2 is 1.92 bits per heavy atom. The monoisotopic (exact) mass is 331 g/mol. The van der Waals surface area contributed by atoms with Crippen LogP contribution in [0.15, 0.2) is 35.9 Å². The summed E-state index contributed by atoms with van der Waals surface area (Å²) in [5, 5.41) is 0. The number of carbonyl (C=O) groups excluding carboxylic acids is 3. The van der Waals surface area contributed by atoms with Crippen LogP contribution in [0.4, 0.5) is 4.39 Å². The zero-order valence-corrected chi connectivity index (χ0v) is 13.5. The van der Waals surface area contributed by atoms with Crippen molar-refractivity contribution >= 4 is 17.8 Å². The Morgan fingerprint density at radius 3 is 2.54 bits per heavy atom. The fraction of sp³-hybridized carbons (Fsp3) is 0.389. The molecule has 24 heavy (non-hydrogen) atoms. The van der Waals surface area contributed by atoms with Crippen LogP contribution in [0, 0.1) is 17.7 Å². The Hall–Kier alpha value is -2.50. The van der Waals surface area contributed by atoms with E-state index in [1.54, 1.807) is 19.9 Å². The highest BCUT2D eigenvalue weighted by Gasteiger charge is 2.53. The zero-order chi connectivity index (χ0) is 17.4. The summed E-state index contributed by atoms with van der Waals surface area (Å²) in [6.07, 6.45) is 1.70. The molecule has 2 atom stereocenters. The SMILES string of the molecule is CC(C)OC(=O)C1=CC[C@@H]2C(=O)N(Cc3ccc(F)cc3)C(=O)[C@H]12. The van der Waals surface area contributed by atoms with Gasteiger partial charge in [-0.2, -0.15) is 0 Å². The average Bonchev–Trinajstić information content (AvgIpc) is 3.05. The Morgan fingerprint density at radius 1 is 1.25 bits per heavy atom. The summed E-state index contributed by atoms with van der Waals surface area (Å²) in [5.41, 5.74) is 0.932. The van der Waals surface area contributed by atoms with Gasteiger partial charge < -0.3 is 4.74 Å². The molecule has 0 aromatic heterocycles. The Kier molecular flexibility index (Phi) is 4.22. The predicted octanol–water partition coefficient (Wildman–Crippen LogP) is 2.21. The second-order valence-corrected chi connectivity index (χ2v) is 6.32. The number of rotatable bonds is 4. The van der Waals surface area contributed by atoms with Crippen LogP contribution < -0.4 is 0 Å². The number of benzene rings is 1. The van der Waals surface area contributed by atoms with Gasteiger partial charge >= 0.3 is 5.97 Å². The van der Waals surface area contributed by atoms with E-state index < -0.39 is 23.7 Å². The Labute approximate surface area is 139 Å². The number of hydrogen-bond donors (Lipinski definition) is 0. The molecule has 2 aliphatic rings. The van der Waals surface area contributed by atoms with Crippen molar-refractivity contribution in [3.05, 3.63) is 47.3 Å². The highest BCUT2D eigenvalue weighted by molar-refractivity contribution is 6.11. The molecule has 0 unspecified atom stereocenters. The first-order chi connectivity index (χ1) is 11.4. The maximum atomic E-state index is 13.0. The lowest BCUT2D eigenvalue weighted by atomic mass is 9.94. The summed E-state index contributed by atoms with van der Waals surface area (Å²) < 4.78 is 18.1. The van der Waals surface area contributed by atoms with Crippen LogP contribution in [-0.2, 0) is 25.7 Å². The minimum atomic E-state index is -0.760. The Balaban J connectivity index is 1.78. The number of halogens is 1. The van der Waals surface area contributed by atoms with E-state index in [1.165, 1.54) is 24.3 Å². The first kappa shape index (κ1) is 16.4. The van der Waals surface area contributed by atoms with Gasteiger partial charge in [-0.1, -0.05) is 18.2 Å². The number of ether oxygens (including phenoxy) is 1. The maximum Gasteiger partial charge on any atom is 0.334 e. The van der Waals surface area contributed by atoms with E-state index >= 15 is 0 Å². The van der Waals surface area contributed by atoms with Gasteiger partial charge in [-0.15, -0.1) is 0 Å². The van der Waals surface area contributed by atoms with E-state index in [9.17, 15) is 18.8 Å². The lowest BCUT2D eigenvalue weighted by molar-refractivity contribution is -0.145. The van der Waals surface area contributed by atoms with Crippen molar-refractivity contribution in [2.24, 2.45) is 11.8 Å². The number of carbonyl (C=O) groups is 3. The van der Waals surface area contributed by atoms with Crippen LogP contribution in [0.1, 0.15) is 25.8 Å². The first-order valence-corrected chi connectivity index (χ1v) is 7.89. The maximum absolute atomic E-state index is 13.0. The van der Waals surface area contributed by atoms with Crippen LogP contribution in [0.25, 0.3) is 0 Å². The number of hydrogen-bond acceptors (Lipinski definition) is 4. The smallest absolute Gasteiger partial charge is 0.334 e. The van der Waals surface area contributed by atoms with Gasteiger partial charge in [0.25, 0.3) is 0 Å². The second-order valence-electron chi connectivity index (χ2n) is 6.32. The van der Waals surface area contributed by atoms with Gasteiger partial charge in [-0.25, -0.2) is 9.18 Å². The molecule has 1 heterocycles. The molecule has 1 aliphatic carbocycles. The normalized spacial score (nSPS) is 22.8. The largest absolute Gasteiger partial charge is 0.460 e. The van der Waals surface area contributed by atoms with Crippen molar-refractivity contribution in [2.45, 2.75) is 32.9 Å². The molecule has 3 rings (SSSR count). The van der Waals surface area contributed by atoms with Crippen molar-refractivity contribution in [3.63, 3.8) is 0 Å². The van der Waals surface area contributed by atoms with Crippen molar-refractivity contribution < 1.29 is 23.5 Å². The van der Waals surface area contributed by atoms with E-state index in [4.69, 9.17) is 4.74 Å². The minimum absolute atomic E-state index is 0.0808. The summed E-state index contributed by atoms with van der Waals surface area (Å²) in [6.45, 7) is 3.54. The molecule has 1 fully saturated rings. The minimum Gasteiger partial charge on any atom is -0.460 e. The average molecular weight is 331 g/mol. The van der Waals surface area contributed by atoms with Gasteiger partial charge in [0.1, 0.15) is 5.82 Å². The molecule has 0 spiro atoms. The van der Waals surface area contributed by atoms with Crippen LogP contribution >= 0.6 is 0 Å². The summed E-state index contributed by atoms with van der Waals surface area (Å²) in [7, 11) is 0. The molecule has 1 saturated heterocycles. The van der Waals surface area contributed by atoms with Gasteiger partial charge in [0.15, 0.2) is 0 Å². The molecule has 1 aromatic rings. The van der Waals surface area contributed by atoms with Crippen molar-refractivity contribution in [3.8, 4) is 0 Å². The van der Waals surface area contributed by atoms with Gasteiger partial charge in [0.2, 0.25) is 11.8 Å². The molecule has 6 heteroatoms. The molecule has 0 radical (unpaired) electrons. The first-order valence-electron chi connectivity index (χ1n) is 7.89. The molecular formula is C18H18FNO4. The van der Waals surface area contributed by atoms with E-state index in [2.05, 4.69) is 0 Å². The topological polar surface area (TPSA) is 63.7 Å². The van der Waals surface area contributed by atoms with Crippen LogP contribution in [-0.4, -0.2) is 28.8 Å². The Bertz CT molecular complexity index is 723. The summed E-state index contributed by atoms with van der Waals surface area (Å²) in [6, 6.07) is 5.64. The standard InChI is InChI=1S/C18H18FNO4/c1-10(2)24-18(23)14-8-7-13-15(14)17(22)20(16(13)21)9-11-3-5-12(19)6-4-11/h3-6,8,10,13,15H,7,9H2,1-2H3/t13-,15-/m0/s1. The number of fused-ring (bicyclic) bond motifs is 1. The number of nitrogens with zero attached hydrogens (tertiary/aromatic N) is 1. The molecule has 0 bridgehead atoms. The molecule has 0 saturated carbocycles. The molecule has 126 valence electrons. The number of likely N-dealkylation sites (tertiary alicyclic amines) is 1. The van der Waals surface area contributed by atoms with Gasteiger partial charge in [0, 0.05) is 5.57 Å². The van der Waals surface area contributed by atoms with E-state index in [1.807, 2.05) is 0 Å². The van der Waals surface area contributed by atoms with E-state index in [-0.39, 0.29) is 29.9 Å². The zero-order valence-electron chi connectivity index (χ0n) is 13.5. The lowest BCUT2D eigenvalue weighted by Gasteiger charge is -2.16. The molecular weight excluding hydrogens is 313 g/mol. The molecule has 0 N–H and O–H groups in total. The predicted molar refractivity (Wildman–Crippen MR) is 82.9 cm³/mol. The van der Waals surface area contributed by atoms with E-state index in [0.717, 1.165) is 4.90 Å². The molecule has 2 amide bonds. The summed E-state index contributed by atoms with van der Waals surface area (Å²) in [4.78, 5) is 38.4. The lowest BCUT2D eigenvalue weighted by Crippen LogP contribution is -2.32. The third-order valence-corrected chi connectivity index (χ3v) is 4.28. The number of imide groups is 1. The molecule has 5 nitrogen and oxygen atoms in total. The van der Waals surface area contributed by atoms with Crippen LogP contribution in [0.5, 0.6) is 0 Å². The second kappa shape index (κ2) is 6.19. The third kappa shape index (κ3) is 2.84. The quantitative estimate of drug-likeness (QED) is 0.627. The fourth-order valence-corrected chi connectivity index (χ4v) is 3.18. The third-order valence-electron chi connectivity index (χ3n) is 4.28. The fourth-order valence-electron chi connectivity index (χ4n) is 3.18. The van der Waals surface area contributed by atoms with Crippen LogP contribution in [0.2, 0.25) is 0 Å². The van der Waals surface area contributed by atoms with Gasteiger partial charge in [-0.3, -0.25) is 14.5 Å². The summed E-state index contributed by atoms with van der Waals surface area (Å²) >= 11 is 0. The highest BCUT2D eigenvalue weighted by Crippen LogP contribution is 2.41. The van der Waals surface area contributed by atoms with Gasteiger partial charge in [0.05, 0.1) is 24.5 Å². The van der Waals surface area contributed by atoms with Crippen molar-refractivity contribution in [1.29, 1.82) is 0 Å². The molecule has 1 aliphatic heterocycles. The molecule has 1 aromatic carbocycles.